The zero-order chi connectivity index (χ0) is 19.0. The summed E-state index contributed by atoms with van der Waals surface area (Å²) in [6.07, 6.45) is 3.69. The molecule has 0 fully saturated rings. The van der Waals surface area contributed by atoms with Gasteiger partial charge in [-0.1, -0.05) is 30.3 Å². The number of imidazole rings is 1. The second-order valence-electron chi connectivity index (χ2n) is 6.56. The summed E-state index contributed by atoms with van der Waals surface area (Å²) in [6.45, 7) is 4.05. The van der Waals surface area contributed by atoms with E-state index >= 15 is 0 Å². The minimum atomic E-state index is -0.118. The topological polar surface area (TPSA) is 50.5 Å². The number of pyridine rings is 1. The molecule has 1 amide bonds. The molecule has 0 radical (unpaired) electrons. The lowest BCUT2D eigenvalue weighted by atomic mass is 10.1. The van der Waals surface area contributed by atoms with Gasteiger partial charge in [0.25, 0.3) is 5.91 Å². The molecular formula is C21H20N4OS. The van der Waals surface area contributed by atoms with Crippen molar-refractivity contribution < 1.29 is 4.79 Å². The number of thiazole rings is 1. The van der Waals surface area contributed by atoms with Crippen LogP contribution in [0.5, 0.6) is 0 Å². The van der Waals surface area contributed by atoms with Crippen molar-refractivity contribution in [3.05, 3.63) is 77.2 Å². The number of fused-ring (bicyclic) bond motifs is 1. The van der Waals surface area contributed by atoms with Gasteiger partial charge in [-0.15, -0.1) is 11.3 Å². The summed E-state index contributed by atoms with van der Waals surface area (Å²) in [4.78, 5) is 24.7. The van der Waals surface area contributed by atoms with E-state index in [0.29, 0.717) is 5.69 Å². The maximum atomic E-state index is 13.1. The van der Waals surface area contributed by atoms with Gasteiger partial charge in [0, 0.05) is 30.4 Å². The van der Waals surface area contributed by atoms with Crippen LogP contribution in [0.25, 0.3) is 16.2 Å². The fourth-order valence-electron chi connectivity index (χ4n) is 3.11. The largest absolute Gasteiger partial charge is 0.332 e. The van der Waals surface area contributed by atoms with Crippen LogP contribution in [0.15, 0.2) is 60.2 Å². The molecule has 136 valence electrons. The highest BCUT2D eigenvalue weighted by molar-refractivity contribution is 7.15. The third-order valence-electron chi connectivity index (χ3n) is 4.87. The van der Waals surface area contributed by atoms with E-state index in [0.717, 1.165) is 27.5 Å². The van der Waals surface area contributed by atoms with E-state index in [1.54, 1.807) is 11.1 Å². The lowest BCUT2D eigenvalue weighted by Gasteiger charge is -2.24. The Balaban J connectivity index is 1.67. The third kappa shape index (κ3) is 3.13. The lowest BCUT2D eigenvalue weighted by Crippen LogP contribution is -2.30. The van der Waals surface area contributed by atoms with Crippen molar-refractivity contribution in [1.82, 2.24) is 19.3 Å². The van der Waals surface area contributed by atoms with Crippen LogP contribution in [0, 0.1) is 6.92 Å². The van der Waals surface area contributed by atoms with Gasteiger partial charge in [-0.2, -0.15) is 0 Å². The van der Waals surface area contributed by atoms with Gasteiger partial charge in [0.15, 0.2) is 4.96 Å². The van der Waals surface area contributed by atoms with Gasteiger partial charge in [0.1, 0.15) is 5.69 Å². The molecule has 4 aromatic rings. The molecule has 5 nitrogen and oxygen atoms in total. The molecule has 0 saturated carbocycles. The lowest BCUT2D eigenvalue weighted by molar-refractivity contribution is 0.0733. The molecule has 0 N–H and O–H groups in total. The van der Waals surface area contributed by atoms with Crippen LogP contribution in [0.4, 0.5) is 0 Å². The van der Waals surface area contributed by atoms with Gasteiger partial charge in [0.2, 0.25) is 0 Å². The highest BCUT2D eigenvalue weighted by Crippen LogP contribution is 2.27. The number of carbonyl (C=O) groups is 1. The number of aryl methyl sites for hydroxylation is 1. The van der Waals surface area contributed by atoms with Crippen molar-refractivity contribution in [2.24, 2.45) is 0 Å². The molecule has 1 aromatic carbocycles. The maximum absolute atomic E-state index is 13.1. The van der Waals surface area contributed by atoms with E-state index in [2.05, 4.69) is 24.0 Å². The predicted octanol–water partition coefficient (Wildman–Crippen LogP) is 4.60. The first-order chi connectivity index (χ1) is 13.1. The van der Waals surface area contributed by atoms with E-state index in [9.17, 15) is 4.79 Å². The van der Waals surface area contributed by atoms with Gasteiger partial charge in [-0.3, -0.25) is 14.2 Å². The quantitative estimate of drug-likeness (QED) is 0.523. The summed E-state index contributed by atoms with van der Waals surface area (Å²) in [5, 5.41) is 1.87. The second-order valence-corrected chi connectivity index (χ2v) is 7.40. The van der Waals surface area contributed by atoms with Crippen LogP contribution in [0.2, 0.25) is 0 Å². The minimum absolute atomic E-state index is 0.0480. The maximum Gasteiger partial charge on any atom is 0.272 e. The third-order valence-corrected chi connectivity index (χ3v) is 5.71. The van der Waals surface area contributed by atoms with Crippen molar-refractivity contribution in [1.29, 1.82) is 0 Å². The first-order valence-corrected chi connectivity index (χ1v) is 9.65. The first kappa shape index (κ1) is 17.4. The Morgan fingerprint density at radius 2 is 1.96 bits per heavy atom. The van der Waals surface area contributed by atoms with Crippen LogP contribution in [-0.4, -0.2) is 32.2 Å². The summed E-state index contributed by atoms with van der Waals surface area (Å²) >= 11 is 1.48. The molecule has 3 heterocycles. The Bertz CT molecular complexity index is 1100. The zero-order valence-corrected chi connectivity index (χ0v) is 16.3. The van der Waals surface area contributed by atoms with Crippen molar-refractivity contribution in [2.45, 2.75) is 19.9 Å². The molecule has 0 unspecified atom stereocenters. The van der Waals surface area contributed by atoms with E-state index < -0.39 is 0 Å². The van der Waals surface area contributed by atoms with Gasteiger partial charge in [0.05, 0.1) is 17.4 Å². The number of benzene rings is 1. The fraction of sp³-hybridized carbons (Fsp3) is 0.190. The van der Waals surface area contributed by atoms with Crippen LogP contribution in [0.3, 0.4) is 0 Å². The standard InChI is InChI=1S/C21H20N4OS/c1-14-8-4-5-9-16(14)18-12-25-19(13-27-21(25)23-18)20(26)24(3)15(2)17-10-6-7-11-22-17/h4-13,15H,1-3H3/t15-/m1/s1. The number of rotatable bonds is 4. The molecular weight excluding hydrogens is 356 g/mol. The first-order valence-electron chi connectivity index (χ1n) is 8.77. The Hall–Kier alpha value is -2.99. The van der Waals surface area contributed by atoms with Crippen LogP contribution < -0.4 is 0 Å². The summed E-state index contributed by atoms with van der Waals surface area (Å²) in [5.41, 5.74) is 4.62. The van der Waals surface area contributed by atoms with Crippen molar-refractivity contribution >= 4 is 22.2 Å². The summed E-state index contributed by atoms with van der Waals surface area (Å²) in [6, 6.07) is 13.8. The molecule has 0 aliphatic heterocycles. The average molecular weight is 376 g/mol. The second kappa shape index (κ2) is 6.96. The van der Waals surface area contributed by atoms with Gasteiger partial charge in [-0.25, -0.2) is 4.98 Å². The van der Waals surface area contributed by atoms with E-state index in [1.807, 2.05) is 60.3 Å². The van der Waals surface area contributed by atoms with Crippen LogP contribution in [0.1, 0.15) is 34.7 Å². The monoisotopic (exact) mass is 376 g/mol. The molecule has 0 aliphatic carbocycles. The molecule has 4 rings (SSSR count). The SMILES string of the molecule is Cc1ccccc1-c1cn2c(C(=O)N(C)[C@H](C)c3ccccn3)csc2n1. The molecule has 0 aliphatic rings. The van der Waals surface area contributed by atoms with Crippen molar-refractivity contribution in [3.63, 3.8) is 0 Å². The normalized spacial score (nSPS) is 12.3. The Morgan fingerprint density at radius 3 is 2.70 bits per heavy atom. The van der Waals surface area contributed by atoms with E-state index in [4.69, 9.17) is 4.98 Å². The highest BCUT2D eigenvalue weighted by Gasteiger charge is 2.23. The van der Waals surface area contributed by atoms with E-state index in [1.165, 1.54) is 11.3 Å². The summed E-state index contributed by atoms with van der Waals surface area (Å²) < 4.78 is 1.89. The highest BCUT2D eigenvalue weighted by atomic mass is 32.1. The number of hydrogen-bond acceptors (Lipinski definition) is 4. The fourth-order valence-corrected chi connectivity index (χ4v) is 3.95. The smallest absolute Gasteiger partial charge is 0.272 e. The molecule has 0 bridgehead atoms. The molecule has 1 atom stereocenters. The summed E-state index contributed by atoms with van der Waals surface area (Å²) in [7, 11) is 1.81. The Labute approximate surface area is 161 Å². The molecule has 3 aromatic heterocycles. The predicted molar refractivity (Wildman–Crippen MR) is 108 cm³/mol. The average Bonchev–Trinajstić information content (AvgIpc) is 3.28. The van der Waals surface area contributed by atoms with E-state index in [-0.39, 0.29) is 11.9 Å². The minimum Gasteiger partial charge on any atom is -0.332 e. The Morgan fingerprint density at radius 1 is 1.19 bits per heavy atom. The molecule has 27 heavy (non-hydrogen) atoms. The number of aromatic nitrogens is 3. The molecule has 0 spiro atoms. The Kier molecular flexibility index (Phi) is 4.49. The van der Waals surface area contributed by atoms with Crippen LogP contribution in [-0.2, 0) is 0 Å². The van der Waals surface area contributed by atoms with Crippen molar-refractivity contribution in [3.8, 4) is 11.3 Å². The number of hydrogen-bond donors (Lipinski definition) is 0. The number of amides is 1. The van der Waals surface area contributed by atoms with Crippen LogP contribution >= 0.6 is 11.3 Å². The van der Waals surface area contributed by atoms with Gasteiger partial charge in [-0.05, 0) is 31.5 Å². The zero-order valence-electron chi connectivity index (χ0n) is 15.5. The van der Waals surface area contributed by atoms with Gasteiger partial charge < -0.3 is 4.90 Å². The molecule has 6 heteroatoms. The number of nitrogens with zero attached hydrogens (tertiary/aromatic N) is 4. The summed E-state index contributed by atoms with van der Waals surface area (Å²) in [5.74, 6) is -0.0480. The molecule has 0 saturated heterocycles. The number of carbonyl (C=O) groups excluding carboxylic acids is 1. The van der Waals surface area contributed by atoms with Crippen molar-refractivity contribution in [2.75, 3.05) is 7.05 Å². The van der Waals surface area contributed by atoms with Gasteiger partial charge >= 0.3 is 0 Å².